The summed E-state index contributed by atoms with van der Waals surface area (Å²) < 4.78 is 0. The first-order valence-electron chi connectivity index (χ1n) is 7.32. The number of nitrogens with zero attached hydrogens (tertiary/aromatic N) is 1. The van der Waals surface area contributed by atoms with Gasteiger partial charge in [-0.1, -0.05) is 42.5 Å². The Morgan fingerprint density at radius 3 is 2.43 bits per heavy atom. The van der Waals surface area contributed by atoms with Crippen LogP contribution in [0.5, 0.6) is 0 Å². The van der Waals surface area contributed by atoms with Crippen molar-refractivity contribution in [1.82, 2.24) is 4.98 Å². The molecule has 0 unspecified atom stereocenters. The lowest BCUT2D eigenvalue weighted by atomic mass is 9.98. The van der Waals surface area contributed by atoms with E-state index in [1.165, 1.54) is 0 Å². The molecule has 0 bridgehead atoms. The molecule has 1 heterocycles. The molecule has 0 fully saturated rings. The van der Waals surface area contributed by atoms with Crippen molar-refractivity contribution < 1.29 is 4.79 Å². The van der Waals surface area contributed by atoms with Crippen LogP contribution in [-0.2, 0) is 0 Å². The van der Waals surface area contributed by atoms with Crippen molar-refractivity contribution in [3.63, 3.8) is 0 Å². The Hall–Kier alpha value is -3.14. The predicted octanol–water partition coefficient (Wildman–Crippen LogP) is 4.20. The molecule has 0 spiro atoms. The fourth-order valence-electron chi connectivity index (χ4n) is 2.50. The van der Waals surface area contributed by atoms with Gasteiger partial charge >= 0.3 is 0 Å². The monoisotopic (exact) mass is 303 g/mol. The third-order valence-electron chi connectivity index (χ3n) is 3.65. The molecule has 1 aromatic heterocycles. The van der Waals surface area contributed by atoms with Crippen molar-refractivity contribution in [2.75, 3.05) is 11.1 Å². The second kappa shape index (κ2) is 6.32. The van der Waals surface area contributed by atoms with E-state index in [1.807, 2.05) is 55.5 Å². The van der Waals surface area contributed by atoms with Crippen molar-refractivity contribution in [2.45, 2.75) is 6.92 Å². The number of carbonyl (C=O) groups is 1. The van der Waals surface area contributed by atoms with Crippen LogP contribution in [0.15, 0.2) is 60.8 Å². The minimum absolute atomic E-state index is 0.635. The van der Waals surface area contributed by atoms with Crippen molar-refractivity contribution in [1.29, 1.82) is 0 Å². The second-order valence-electron chi connectivity index (χ2n) is 5.29. The smallest absolute Gasteiger partial charge is 0.150 e. The number of aldehydes is 1. The normalized spacial score (nSPS) is 10.3. The molecule has 3 rings (SSSR count). The van der Waals surface area contributed by atoms with Crippen molar-refractivity contribution in [2.24, 2.45) is 0 Å². The van der Waals surface area contributed by atoms with Crippen LogP contribution in [0.2, 0.25) is 0 Å². The quantitative estimate of drug-likeness (QED) is 0.709. The summed E-state index contributed by atoms with van der Waals surface area (Å²) in [5.41, 5.74) is 11.6. The highest BCUT2D eigenvalue weighted by molar-refractivity contribution is 5.92. The van der Waals surface area contributed by atoms with Crippen LogP contribution in [0.3, 0.4) is 0 Å². The molecule has 114 valence electrons. The topological polar surface area (TPSA) is 68.0 Å². The van der Waals surface area contributed by atoms with Gasteiger partial charge in [0.25, 0.3) is 0 Å². The van der Waals surface area contributed by atoms with Gasteiger partial charge < -0.3 is 11.1 Å². The van der Waals surface area contributed by atoms with Gasteiger partial charge in [0, 0.05) is 22.5 Å². The van der Waals surface area contributed by atoms with Crippen LogP contribution in [0.25, 0.3) is 11.1 Å². The Morgan fingerprint density at radius 1 is 1.00 bits per heavy atom. The van der Waals surface area contributed by atoms with Gasteiger partial charge in [0.05, 0.1) is 17.6 Å². The van der Waals surface area contributed by atoms with E-state index in [0.717, 1.165) is 34.5 Å². The van der Waals surface area contributed by atoms with Crippen LogP contribution < -0.4 is 11.1 Å². The fraction of sp³-hybridized carbons (Fsp3) is 0.0526. The Morgan fingerprint density at radius 2 is 1.70 bits per heavy atom. The molecule has 0 saturated carbocycles. The van der Waals surface area contributed by atoms with Gasteiger partial charge in [0.2, 0.25) is 0 Å². The molecule has 3 N–H and O–H groups in total. The van der Waals surface area contributed by atoms with Gasteiger partial charge in [-0.05, 0) is 24.6 Å². The van der Waals surface area contributed by atoms with Crippen LogP contribution in [0, 0.1) is 6.92 Å². The number of aromatic nitrogens is 1. The number of nitrogens with two attached hydrogens (primary N) is 1. The zero-order valence-corrected chi connectivity index (χ0v) is 12.8. The van der Waals surface area contributed by atoms with E-state index in [2.05, 4.69) is 10.3 Å². The Labute approximate surface area is 135 Å². The molecule has 0 radical (unpaired) electrons. The number of para-hydroxylation sites is 1. The number of benzene rings is 2. The maximum absolute atomic E-state index is 11.3. The van der Waals surface area contributed by atoms with Crippen LogP contribution in [-0.4, -0.2) is 11.3 Å². The zero-order chi connectivity index (χ0) is 16.2. The fourth-order valence-corrected chi connectivity index (χ4v) is 2.50. The standard InChI is InChI=1S/C19H17N3O/c1-13-10-17(20)19(11-21-13)22-18-9-5-4-8-16(18)15-7-3-2-6-14(15)12-23/h2-12,22H,1H3,(H2,20,21). The summed E-state index contributed by atoms with van der Waals surface area (Å²) in [5.74, 6) is 0. The number of pyridine rings is 1. The van der Waals surface area contributed by atoms with Gasteiger partial charge in [0.15, 0.2) is 6.29 Å². The highest BCUT2D eigenvalue weighted by Gasteiger charge is 2.10. The van der Waals surface area contributed by atoms with Crippen molar-refractivity contribution >= 4 is 23.3 Å². The SMILES string of the molecule is Cc1cc(N)c(Nc2ccccc2-c2ccccc2C=O)cn1. The molecule has 3 aromatic rings. The summed E-state index contributed by atoms with van der Waals surface area (Å²) in [6.45, 7) is 1.90. The van der Waals surface area contributed by atoms with E-state index in [4.69, 9.17) is 5.73 Å². The van der Waals surface area contributed by atoms with Crippen LogP contribution >= 0.6 is 0 Å². The maximum Gasteiger partial charge on any atom is 0.150 e. The molecular formula is C19H17N3O. The van der Waals surface area contributed by atoms with E-state index in [1.54, 1.807) is 12.3 Å². The maximum atomic E-state index is 11.3. The number of nitrogen functional groups attached to an aromatic ring is 1. The summed E-state index contributed by atoms with van der Waals surface area (Å²) in [6.07, 6.45) is 2.58. The Bertz CT molecular complexity index is 859. The molecule has 0 aliphatic carbocycles. The van der Waals surface area contributed by atoms with E-state index >= 15 is 0 Å². The molecule has 4 heteroatoms. The van der Waals surface area contributed by atoms with Crippen molar-refractivity contribution in [3.8, 4) is 11.1 Å². The average molecular weight is 303 g/mol. The summed E-state index contributed by atoms with van der Waals surface area (Å²) >= 11 is 0. The molecule has 0 atom stereocenters. The zero-order valence-electron chi connectivity index (χ0n) is 12.8. The molecule has 0 saturated heterocycles. The molecule has 0 amide bonds. The summed E-state index contributed by atoms with van der Waals surface area (Å²) in [7, 11) is 0. The molecule has 0 aliphatic rings. The second-order valence-corrected chi connectivity index (χ2v) is 5.29. The van der Waals surface area contributed by atoms with Gasteiger partial charge in [-0.15, -0.1) is 0 Å². The van der Waals surface area contributed by atoms with Crippen LogP contribution in [0.1, 0.15) is 16.1 Å². The lowest BCUT2D eigenvalue weighted by Crippen LogP contribution is -2.00. The largest absolute Gasteiger partial charge is 0.397 e. The third kappa shape index (κ3) is 3.06. The van der Waals surface area contributed by atoms with E-state index in [9.17, 15) is 4.79 Å². The van der Waals surface area contributed by atoms with Gasteiger partial charge in [0.1, 0.15) is 0 Å². The van der Waals surface area contributed by atoms with E-state index in [-0.39, 0.29) is 0 Å². The Kier molecular flexibility index (Phi) is 4.06. The van der Waals surface area contributed by atoms with Gasteiger partial charge in [-0.3, -0.25) is 9.78 Å². The molecule has 0 aliphatic heterocycles. The first-order chi connectivity index (χ1) is 11.2. The molecule has 23 heavy (non-hydrogen) atoms. The van der Waals surface area contributed by atoms with Gasteiger partial charge in [-0.25, -0.2) is 0 Å². The molecular weight excluding hydrogens is 286 g/mol. The lowest BCUT2D eigenvalue weighted by Gasteiger charge is -2.15. The number of rotatable bonds is 4. The molecule has 4 nitrogen and oxygen atoms in total. The number of nitrogens with one attached hydrogen (secondary N) is 1. The number of carbonyl (C=O) groups excluding carboxylic acids is 1. The molecule has 2 aromatic carbocycles. The first-order valence-corrected chi connectivity index (χ1v) is 7.32. The third-order valence-corrected chi connectivity index (χ3v) is 3.65. The number of aryl methyl sites for hydroxylation is 1. The highest BCUT2D eigenvalue weighted by Crippen LogP contribution is 2.33. The summed E-state index contributed by atoms with van der Waals surface area (Å²) in [6, 6.07) is 17.1. The van der Waals surface area contributed by atoms with Crippen LogP contribution in [0.4, 0.5) is 17.1 Å². The lowest BCUT2D eigenvalue weighted by molar-refractivity contribution is 0.112. The average Bonchev–Trinajstić information content (AvgIpc) is 2.58. The number of hydrogen-bond acceptors (Lipinski definition) is 4. The minimum Gasteiger partial charge on any atom is -0.397 e. The first kappa shape index (κ1) is 14.8. The minimum atomic E-state index is 0.635. The van der Waals surface area contributed by atoms with Crippen molar-refractivity contribution in [3.05, 3.63) is 72.1 Å². The Balaban J connectivity index is 2.06. The highest BCUT2D eigenvalue weighted by atomic mass is 16.1. The summed E-state index contributed by atoms with van der Waals surface area (Å²) in [5, 5.41) is 3.31. The predicted molar refractivity (Wildman–Crippen MR) is 93.9 cm³/mol. The van der Waals surface area contributed by atoms with E-state index in [0.29, 0.717) is 11.3 Å². The summed E-state index contributed by atoms with van der Waals surface area (Å²) in [4.78, 5) is 15.6. The van der Waals surface area contributed by atoms with Gasteiger partial charge in [-0.2, -0.15) is 0 Å². The number of hydrogen-bond donors (Lipinski definition) is 2. The van der Waals surface area contributed by atoms with E-state index < -0.39 is 0 Å². The number of anilines is 3.